The van der Waals surface area contributed by atoms with E-state index in [1.165, 1.54) is 19.3 Å². The summed E-state index contributed by atoms with van der Waals surface area (Å²) in [6.07, 6.45) is 5.80. The lowest BCUT2D eigenvalue weighted by Crippen LogP contribution is -1.97. The first-order valence-corrected chi connectivity index (χ1v) is 7.08. The summed E-state index contributed by atoms with van der Waals surface area (Å²) in [5.41, 5.74) is 0.962. The molecule has 2 nitrogen and oxygen atoms in total. The Kier molecular flexibility index (Phi) is 6.63. The molecule has 1 rings (SSSR count). The van der Waals surface area contributed by atoms with E-state index >= 15 is 0 Å². The predicted octanol–water partition coefficient (Wildman–Crippen LogP) is 4.55. The van der Waals surface area contributed by atoms with Crippen molar-refractivity contribution < 1.29 is 9.84 Å². The third-order valence-electron chi connectivity index (χ3n) is 3.12. The van der Waals surface area contributed by atoms with Gasteiger partial charge in [0.2, 0.25) is 0 Å². The van der Waals surface area contributed by atoms with E-state index in [1.54, 1.807) is 6.07 Å². The molecular weight excluding hydrogens is 224 g/mol. The first-order chi connectivity index (χ1) is 8.65. The normalized spacial score (nSPS) is 10.9. The molecule has 0 spiro atoms. The molecule has 0 saturated heterocycles. The minimum Gasteiger partial charge on any atom is -0.508 e. The predicted molar refractivity (Wildman–Crippen MR) is 76.3 cm³/mol. The Balaban J connectivity index is 2.45. The maximum absolute atomic E-state index is 9.88. The standard InChI is InChI=1S/C16H26O2/c1-4-18-16-12-8-11-15(17)14(16)10-7-5-6-9-13(2)3/h8,11-13,17H,4-7,9-10H2,1-3H3. The van der Waals surface area contributed by atoms with Crippen molar-refractivity contribution in [3.05, 3.63) is 23.8 Å². The van der Waals surface area contributed by atoms with Crippen LogP contribution in [0.2, 0.25) is 0 Å². The van der Waals surface area contributed by atoms with Crippen LogP contribution in [0.25, 0.3) is 0 Å². The van der Waals surface area contributed by atoms with Crippen molar-refractivity contribution in [1.29, 1.82) is 0 Å². The van der Waals surface area contributed by atoms with Gasteiger partial charge in [0.25, 0.3) is 0 Å². The number of aromatic hydroxyl groups is 1. The van der Waals surface area contributed by atoms with Crippen molar-refractivity contribution in [3.8, 4) is 11.5 Å². The summed E-state index contributed by atoms with van der Waals surface area (Å²) in [5, 5.41) is 9.88. The van der Waals surface area contributed by atoms with E-state index < -0.39 is 0 Å². The van der Waals surface area contributed by atoms with Crippen molar-refractivity contribution in [2.24, 2.45) is 5.92 Å². The number of ether oxygens (including phenoxy) is 1. The SMILES string of the molecule is CCOc1cccc(O)c1CCCCCC(C)C. The van der Waals surface area contributed by atoms with Gasteiger partial charge in [-0.05, 0) is 37.8 Å². The lowest BCUT2D eigenvalue weighted by molar-refractivity contribution is 0.332. The largest absolute Gasteiger partial charge is 0.508 e. The minimum atomic E-state index is 0.366. The van der Waals surface area contributed by atoms with Gasteiger partial charge >= 0.3 is 0 Å². The molecule has 0 aromatic heterocycles. The molecule has 0 bridgehead atoms. The molecule has 0 aliphatic rings. The second-order valence-corrected chi connectivity index (χ2v) is 5.18. The fraction of sp³-hybridized carbons (Fsp3) is 0.625. The molecular formula is C16H26O2. The van der Waals surface area contributed by atoms with E-state index in [1.807, 2.05) is 19.1 Å². The fourth-order valence-corrected chi connectivity index (χ4v) is 2.13. The minimum absolute atomic E-state index is 0.366. The van der Waals surface area contributed by atoms with Crippen molar-refractivity contribution in [2.75, 3.05) is 6.61 Å². The molecule has 1 aromatic rings. The van der Waals surface area contributed by atoms with Crippen LogP contribution in [0.5, 0.6) is 11.5 Å². The van der Waals surface area contributed by atoms with Gasteiger partial charge < -0.3 is 9.84 Å². The van der Waals surface area contributed by atoms with Crippen LogP contribution in [0.1, 0.15) is 52.0 Å². The Labute approximate surface area is 111 Å². The van der Waals surface area contributed by atoms with E-state index in [0.717, 1.165) is 30.1 Å². The molecule has 1 aromatic carbocycles. The molecule has 0 atom stereocenters. The van der Waals surface area contributed by atoms with Crippen molar-refractivity contribution in [1.82, 2.24) is 0 Å². The van der Waals surface area contributed by atoms with Gasteiger partial charge in [-0.2, -0.15) is 0 Å². The Bertz CT molecular complexity index is 345. The van der Waals surface area contributed by atoms with Gasteiger partial charge in [0.15, 0.2) is 0 Å². The summed E-state index contributed by atoms with van der Waals surface area (Å²) in [7, 11) is 0. The van der Waals surface area contributed by atoms with Crippen LogP contribution in [0.3, 0.4) is 0 Å². The smallest absolute Gasteiger partial charge is 0.126 e. The second kappa shape index (κ2) is 8.02. The highest BCUT2D eigenvalue weighted by Crippen LogP contribution is 2.29. The van der Waals surface area contributed by atoms with Gasteiger partial charge in [0, 0.05) is 5.56 Å². The summed E-state index contributed by atoms with van der Waals surface area (Å²) < 4.78 is 5.55. The summed E-state index contributed by atoms with van der Waals surface area (Å²) in [5.74, 6) is 1.99. The molecule has 0 aliphatic heterocycles. The summed E-state index contributed by atoms with van der Waals surface area (Å²) in [4.78, 5) is 0. The maximum Gasteiger partial charge on any atom is 0.126 e. The molecule has 0 fully saturated rings. The van der Waals surface area contributed by atoms with Crippen LogP contribution < -0.4 is 4.74 Å². The van der Waals surface area contributed by atoms with E-state index in [9.17, 15) is 5.11 Å². The van der Waals surface area contributed by atoms with Gasteiger partial charge in [-0.15, -0.1) is 0 Å². The van der Waals surface area contributed by atoms with E-state index in [4.69, 9.17) is 4.74 Å². The van der Waals surface area contributed by atoms with Crippen LogP contribution in [0.4, 0.5) is 0 Å². The van der Waals surface area contributed by atoms with Gasteiger partial charge in [0.1, 0.15) is 11.5 Å². The highest BCUT2D eigenvalue weighted by molar-refractivity contribution is 5.43. The van der Waals surface area contributed by atoms with E-state index in [0.29, 0.717) is 12.4 Å². The van der Waals surface area contributed by atoms with Gasteiger partial charge in [0.05, 0.1) is 6.61 Å². The highest BCUT2D eigenvalue weighted by Gasteiger charge is 2.08. The van der Waals surface area contributed by atoms with Crippen LogP contribution in [-0.4, -0.2) is 11.7 Å². The second-order valence-electron chi connectivity index (χ2n) is 5.18. The number of hydrogen-bond donors (Lipinski definition) is 1. The molecule has 18 heavy (non-hydrogen) atoms. The zero-order chi connectivity index (χ0) is 13.4. The molecule has 0 saturated carbocycles. The Morgan fingerprint density at radius 1 is 1.17 bits per heavy atom. The number of hydrogen-bond acceptors (Lipinski definition) is 2. The molecule has 0 heterocycles. The molecule has 0 radical (unpaired) electrons. The average molecular weight is 250 g/mol. The zero-order valence-corrected chi connectivity index (χ0v) is 11.9. The van der Waals surface area contributed by atoms with Crippen LogP contribution >= 0.6 is 0 Å². The first-order valence-electron chi connectivity index (χ1n) is 7.08. The summed E-state index contributed by atoms with van der Waals surface area (Å²) in [6.45, 7) is 7.13. The fourth-order valence-electron chi connectivity index (χ4n) is 2.13. The van der Waals surface area contributed by atoms with Gasteiger partial charge in [-0.25, -0.2) is 0 Å². The van der Waals surface area contributed by atoms with Gasteiger partial charge in [-0.3, -0.25) is 0 Å². The van der Waals surface area contributed by atoms with Crippen molar-refractivity contribution in [2.45, 2.75) is 52.9 Å². The number of unbranched alkanes of at least 4 members (excludes halogenated alkanes) is 2. The molecule has 0 amide bonds. The molecule has 0 unspecified atom stereocenters. The van der Waals surface area contributed by atoms with Crippen molar-refractivity contribution in [3.63, 3.8) is 0 Å². The van der Waals surface area contributed by atoms with Crippen molar-refractivity contribution >= 4 is 0 Å². The average Bonchev–Trinajstić information content (AvgIpc) is 2.32. The third kappa shape index (κ3) is 4.99. The molecule has 102 valence electrons. The maximum atomic E-state index is 9.88. The number of benzene rings is 1. The highest BCUT2D eigenvalue weighted by atomic mass is 16.5. The number of rotatable bonds is 8. The monoisotopic (exact) mass is 250 g/mol. The third-order valence-corrected chi connectivity index (χ3v) is 3.12. The Morgan fingerprint density at radius 2 is 1.94 bits per heavy atom. The van der Waals surface area contributed by atoms with Gasteiger partial charge in [-0.1, -0.05) is 39.2 Å². The molecule has 0 aliphatic carbocycles. The zero-order valence-electron chi connectivity index (χ0n) is 11.9. The van der Waals surface area contributed by atoms with Crippen LogP contribution in [0.15, 0.2) is 18.2 Å². The summed E-state index contributed by atoms with van der Waals surface area (Å²) in [6, 6.07) is 5.52. The Morgan fingerprint density at radius 3 is 2.61 bits per heavy atom. The molecule has 1 N–H and O–H groups in total. The summed E-state index contributed by atoms with van der Waals surface area (Å²) >= 11 is 0. The Hall–Kier alpha value is -1.18. The van der Waals surface area contributed by atoms with E-state index in [2.05, 4.69) is 13.8 Å². The van der Waals surface area contributed by atoms with E-state index in [-0.39, 0.29) is 0 Å². The number of phenols is 1. The quantitative estimate of drug-likeness (QED) is 0.686. The number of phenolic OH excluding ortho intramolecular Hbond substituents is 1. The molecule has 2 heteroatoms. The van der Waals surface area contributed by atoms with Crippen LogP contribution in [-0.2, 0) is 6.42 Å². The first kappa shape index (κ1) is 14.9. The lowest BCUT2D eigenvalue weighted by atomic mass is 10.0. The van der Waals surface area contributed by atoms with Crippen LogP contribution in [0, 0.1) is 5.92 Å². The lowest BCUT2D eigenvalue weighted by Gasteiger charge is -2.12. The topological polar surface area (TPSA) is 29.5 Å².